The van der Waals surface area contributed by atoms with Crippen LogP contribution in [0.25, 0.3) is 0 Å². The second kappa shape index (κ2) is 6.00. The topological polar surface area (TPSA) is 49.9 Å². The molecule has 0 unspecified atom stereocenters. The van der Waals surface area contributed by atoms with Gasteiger partial charge in [-0.1, -0.05) is 30.3 Å². The van der Waals surface area contributed by atoms with E-state index in [-0.39, 0.29) is 31.0 Å². The van der Waals surface area contributed by atoms with Crippen LogP contribution in [0.4, 0.5) is 11.4 Å². The third-order valence-corrected chi connectivity index (χ3v) is 4.31. The summed E-state index contributed by atoms with van der Waals surface area (Å²) in [6, 6.07) is 17.1. The smallest absolute Gasteiger partial charge is 0.265 e. The van der Waals surface area contributed by atoms with Crippen molar-refractivity contribution >= 4 is 23.2 Å². The normalized spacial score (nSPS) is 16.8. The van der Waals surface area contributed by atoms with Gasteiger partial charge in [-0.15, -0.1) is 0 Å². The molecule has 2 aromatic carbocycles. The maximum Gasteiger partial charge on any atom is 0.265 e. The number of carbonyl (C=O) groups is 2. The number of benzene rings is 2. The van der Waals surface area contributed by atoms with E-state index in [4.69, 9.17) is 4.74 Å². The number of ether oxygens (including phenoxy) is 1. The number of para-hydroxylation sites is 3. The molecule has 5 heteroatoms. The predicted octanol–water partition coefficient (Wildman–Crippen LogP) is 2.61. The summed E-state index contributed by atoms with van der Waals surface area (Å²) in [5.74, 6) is 0.404. The number of rotatable bonds is 4. The van der Waals surface area contributed by atoms with Gasteiger partial charge in [-0.25, -0.2) is 0 Å². The number of anilines is 2. The molecule has 0 aromatic heterocycles. The van der Waals surface area contributed by atoms with Gasteiger partial charge in [0.25, 0.3) is 5.91 Å². The highest BCUT2D eigenvalue weighted by Gasteiger charge is 2.40. The van der Waals surface area contributed by atoms with E-state index in [0.29, 0.717) is 5.75 Å². The van der Waals surface area contributed by atoms with E-state index in [1.165, 1.54) is 4.90 Å². The van der Waals surface area contributed by atoms with Crippen molar-refractivity contribution in [2.45, 2.75) is 18.9 Å². The maximum absolute atomic E-state index is 12.6. The number of amides is 2. The summed E-state index contributed by atoms with van der Waals surface area (Å²) < 4.78 is 5.54. The Balaban J connectivity index is 1.55. The van der Waals surface area contributed by atoms with E-state index >= 15 is 0 Å². The quantitative estimate of drug-likeness (QED) is 0.869. The van der Waals surface area contributed by atoms with E-state index in [1.54, 1.807) is 12.1 Å². The van der Waals surface area contributed by atoms with E-state index in [0.717, 1.165) is 24.2 Å². The Morgan fingerprint density at radius 2 is 1.67 bits per heavy atom. The Bertz CT molecular complexity index is 771. The molecule has 1 saturated carbocycles. The first-order valence-electron chi connectivity index (χ1n) is 8.13. The monoisotopic (exact) mass is 322 g/mol. The number of carbonyl (C=O) groups excluding carboxylic acids is 2. The third kappa shape index (κ3) is 2.73. The first kappa shape index (κ1) is 14.8. The van der Waals surface area contributed by atoms with Crippen molar-refractivity contribution in [1.82, 2.24) is 0 Å². The van der Waals surface area contributed by atoms with Gasteiger partial charge in [-0.2, -0.15) is 0 Å². The van der Waals surface area contributed by atoms with Gasteiger partial charge in [0, 0.05) is 6.04 Å². The van der Waals surface area contributed by atoms with Crippen LogP contribution in [0.3, 0.4) is 0 Å². The minimum Gasteiger partial charge on any atom is -0.484 e. The van der Waals surface area contributed by atoms with Gasteiger partial charge in [0.2, 0.25) is 5.91 Å². The lowest BCUT2D eigenvalue weighted by Gasteiger charge is -2.36. The number of hydrogen-bond acceptors (Lipinski definition) is 3. The molecule has 1 fully saturated rings. The molecule has 0 bridgehead atoms. The molecule has 4 rings (SSSR count). The van der Waals surface area contributed by atoms with Crippen LogP contribution in [0.2, 0.25) is 0 Å². The van der Waals surface area contributed by atoms with Gasteiger partial charge in [0.15, 0.2) is 6.61 Å². The van der Waals surface area contributed by atoms with Crippen molar-refractivity contribution in [2.24, 2.45) is 0 Å². The maximum atomic E-state index is 12.6. The molecule has 2 aliphatic rings. The Hall–Kier alpha value is -2.82. The van der Waals surface area contributed by atoms with Gasteiger partial charge in [0.1, 0.15) is 12.3 Å². The zero-order chi connectivity index (χ0) is 16.5. The first-order chi connectivity index (χ1) is 11.7. The summed E-state index contributed by atoms with van der Waals surface area (Å²) in [7, 11) is 0. The molecular formula is C19H18N2O3. The molecule has 5 nitrogen and oxygen atoms in total. The van der Waals surface area contributed by atoms with Crippen LogP contribution in [0.1, 0.15) is 12.8 Å². The molecule has 1 heterocycles. The highest BCUT2D eigenvalue weighted by atomic mass is 16.5. The van der Waals surface area contributed by atoms with Gasteiger partial charge in [0.05, 0.1) is 11.4 Å². The van der Waals surface area contributed by atoms with Crippen LogP contribution in [0.5, 0.6) is 5.75 Å². The molecule has 0 N–H and O–H groups in total. The average Bonchev–Trinajstić information content (AvgIpc) is 3.44. The lowest BCUT2D eigenvalue weighted by Crippen LogP contribution is -2.50. The summed E-state index contributed by atoms with van der Waals surface area (Å²) in [5.41, 5.74) is 1.61. The zero-order valence-corrected chi connectivity index (χ0v) is 13.2. The predicted molar refractivity (Wildman–Crippen MR) is 91.2 cm³/mol. The molecule has 1 aliphatic heterocycles. The summed E-state index contributed by atoms with van der Waals surface area (Å²) in [6.45, 7) is -0.0143. The highest BCUT2D eigenvalue weighted by Crippen LogP contribution is 2.40. The molecule has 0 spiro atoms. The average molecular weight is 322 g/mol. The standard InChI is InChI=1S/C19H18N2O3/c22-18-12-20(19(23)13-24-15-6-2-1-3-7-15)16-8-4-5-9-17(16)21(18)14-10-11-14/h1-9,14H,10-13H2. The van der Waals surface area contributed by atoms with Crippen molar-refractivity contribution in [3.8, 4) is 5.75 Å². The summed E-state index contributed by atoms with van der Waals surface area (Å²) in [6.07, 6.45) is 2.07. The second-order valence-electron chi connectivity index (χ2n) is 6.07. The van der Waals surface area contributed by atoms with Crippen LogP contribution in [0, 0.1) is 0 Å². The SMILES string of the molecule is O=C(COc1ccccc1)N1CC(=O)N(C2CC2)c2ccccc21. The summed E-state index contributed by atoms with van der Waals surface area (Å²) in [4.78, 5) is 28.5. The Kier molecular flexibility index (Phi) is 3.69. The summed E-state index contributed by atoms with van der Waals surface area (Å²) in [5, 5.41) is 0. The fourth-order valence-electron chi connectivity index (χ4n) is 3.02. The van der Waals surface area contributed by atoms with Gasteiger partial charge in [-0.05, 0) is 37.1 Å². The largest absolute Gasteiger partial charge is 0.484 e. The van der Waals surface area contributed by atoms with Crippen LogP contribution < -0.4 is 14.5 Å². The van der Waals surface area contributed by atoms with Gasteiger partial charge in [-0.3, -0.25) is 14.5 Å². The van der Waals surface area contributed by atoms with Crippen molar-refractivity contribution in [3.63, 3.8) is 0 Å². The van der Waals surface area contributed by atoms with E-state index in [9.17, 15) is 9.59 Å². The second-order valence-corrected chi connectivity index (χ2v) is 6.07. The van der Waals surface area contributed by atoms with Gasteiger partial charge >= 0.3 is 0 Å². The Morgan fingerprint density at radius 3 is 2.38 bits per heavy atom. The molecule has 2 amide bonds. The third-order valence-electron chi connectivity index (χ3n) is 4.31. The molecule has 0 saturated heterocycles. The lowest BCUT2D eigenvalue weighted by atomic mass is 10.1. The molecular weight excluding hydrogens is 304 g/mol. The first-order valence-corrected chi connectivity index (χ1v) is 8.13. The molecule has 24 heavy (non-hydrogen) atoms. The molecule has 0 atom stereocenters. The van der Waals surface area contributed by atoms with Crippen LogP contribution in [-0.2, 0) is 9.59 Å². The minimum absolute atomic E-state index is 0.0238. The van der Waals surface area contributed by atoms with Crippen LogP contribution in [-0.4, -0.2) is 31.0 Å². The van der Waals surface area contributed by atoms with Crippen LogP contribution in [0.15, 0.2) is 54.6 Å². The molecule has 2 aromatic rings. The van der Waals surface area contributed by atoms with E-state index < -0.39 is 0 Å². The fraction of sp³-hybridized carbons (Fsp3) is 0.263. The molecule has 122 valence electrons. The zero-order valence-electron chi connectivity index (χ0n) is 13.2. The lowest BCUT2D eigenvalue weighted by molar-refractivity contribution is -0.124. The minimum atomic E-state index is -0.213. The summed E-state index contributed by atoms with van der Waals surface area (Å²) >= 11 is 0. The highest BCUT2D eigenvalue weighted by molar-refractivity contribution is 6.11. The van der Waals surface area contributed by atoms with Crippen LogP contribution >= 0.6 is 0 Å². The fourth-order valence-corrected chi connectivity index (χ4v) is 3.02. The van der Waals surface area contributed by atoms with Gasteiger partial charge < -0.3 is 9.64 Å². The van der Waals surface area contributed by atoms with Crippen molar-refractivity contribution in [2.75, 3.05) is 23.0 Å². The Labute approximate surface area is 140 Å². The molecule has 1 aliphatic carbocycles. The van der Waals surface area contributed by atoms with Crippen molar-refractivity contribution < 1.29 is 14.3 Å². The van der Waals surface area contributed by atoms with Crippen molar-refractivity contribution in [3.05, 3.63) is 54.6 Å². The Morgan fingerprint density at radius 1 is 1.00 bits per heavy atom. The van der Waals surface area contributed by atoms with E-state index in [1.807, 2.05) is 47.4 Å². The number of hydrogen-bond donors (Lipinski definition) is 0. The van der Waals surface area contributed by atoms with Crippen molar-refractivity contribution in [1.29, 1.82) is 0 Å². The number of fused-ring (bicyclic) bond motifs is 1. The van der Waals surface area contributed by atoms with E-state index in [2.05, 4.69) is 0 Å². The molecule has 0 radical (unpaired) electrons. The number of nitrogens with zero attached hydrogens (tertiary/aromatic N) is 2.